The molecule has 0 spiro atoms. The van der Waals surface area contributed by atoms with Gasteiger partial charge in [0.25, 0.3) is 0 Å². The molecule has 13 aromatic rings. The van der Waals surface area contributed by atoms with Gasteiger partial charge >= 0.3 is 0 Å². The highest BCUT2D eigenvalue weighted by Gasteiger charge is 2.35. The summed E-state index contributed by atoms with van der Waals surface area (Å²) in [4.78, 5) is 2.37. The van der Waals surface area contributed by atoms with Crippen molar-refractivity contribution in [3.8, 4) is 83.6 Å². The minimum absolute atomic E-state index is 0.0438. The molecule has 1 aliphatic rings. The number of nitrogens with zero attached hydrogens (tertiary/aromatic N) is 2. The van der Waals surface area contributed by atoms with E-state index < -0.39 is 0 Å². The maximum atomic E-state index is 2.43. The number of fused-ring (bicyclic) bond motifs is 6. The lowest BCUT2D eigenvalue weighted by Gasteiger charge is -2.26. The van der Waals surface area contributed by atoms with E-state index in [0.717, 1.165) is 22.7 Å². The van der Waals surface area contributed by atoms with Crippen LogP contribution in [0.1, 0.15) is 36.1 Å². The van der Waals surface area contributed by atoms with Crippen LogP contribution in [0.3, 0.4) is 0 Å². The Morgan fingerprint density at radius 2 is 0.709 bits per heavy atom. The van der Waals surface area contributed by atoms with Crippen LogP contribution in [0.25, 0.3) is 105 Å². The van der Waals surface area contributed by atoms with Gasteiger partial charge in [0.15, 0.2) is 0 Å². The van der Waals surface area contributed by atoms with Gasteiger partial charge in [0, 0.05) is 38.9 Å². The van der Waals surface area contributed by atoms with E-state index >= 15 is 0 Å². The fourth-order valence-corrected chi connectivity index (χ4v) is 12.3. The van der Waals surface area contributed by atoms with E-state index in [4.69, 9.17) is 0 Å². The molecular formula is C77H58N2. The predicted molar refractivity (Wildman–Crippen MR) is 335 cm³/mol. The molecule has 0 amide bonds. The van der Waals surface area contributed by atoms with Crippen molar-refractivity contribution < 1.29 is 0 Å². The maximum absolute atomic E-state index is 2.43. The van der Waals surface area contributed by atoms with E-state index in [0.29, 0.717) is 0 Å². The molecule has 376 valence electrons. The second kappa shape index (κ2) is 19.4. The topological polar surface area (TPSA) is 8.17 Å². The molecule has 1 heterocycles. The van der Waals surface area contributed by atoms with E-state index in [1.807, 2.05) is 0 Å². The Labute approximate surface area is 463 Å². The van der Waals surface area contributed by atoms with Crippen molar-refractivity contribution in [3.05, 3.63) is 301 Å². The molecule has 0 bridgehead atoms. The Balaban J connectivity index is 0.793. The van der Waals surface area contributed by atoms with Crippen molar-refractivity contribution in [1.29, 1.82) is 0 Å². The van der Waals surface area contributed by atoms with E-state index in [1.165, 1.54) is 122 Å². The summed E-state index contributed by atoms with van der Waals surface area (Å²) in [5.41, 5.74) is 29.2. The van der Waals surface area contributed by atoms with Crippen molar-refractivity contribution in [1.82, 2.24) is 4.57 Å². The van der Waals surface area contributed by atoms with Gasteiger partial charge in [0.1, 0.15) is 0 Å². The molecule has 0 saturated carbocycles. The molecule has 14 rings (SSSR count). The van der Waals surface area contributed by atoms with Gasteiger partial charge in [-0.25, -0.2) is 0 Å². The number of aromatic nitrogens is 1. The summed E-state index contributed by atoms with van der Waals surface area (Å²) in [6.45, 7) is 9.05. The zero-order chi connectivity index (χ0) is 53.2. The first kappa shape index (κ1) is 47.7. The van der Waals surface area contributed by atoms with Crippen molar-refractivity contribution in [2.75, 3.05) is 4.90 Å². The van der Waals surface area contributed by atoms with Crippen molar-refractivity contribution in [2.45, 2.75) is 33.1 Å². The number of aryl methyl sites for hydroxylation is 2. The highest BCUT2D eigenvalue weighted by atomic mass is 15.1. The molecule has 2 heteroatoms. The molecule has 1 aliphatic carbocycles. The van der Waals surface area contributed by atoms with Crippen LogP contribution in [0.2, 0.25) is 0 Å². The third-order valence-electron chi connectivity index (χ3n) is 16.6. The molecule has 0 aliphatic heterocycles. The minimum Gasteiger partial charge on any atom is -0.311 e. The van der Waals surface area contributed by atoms with Crippen LogP contribution in [-0.2, 0) is 5.41 Å². The lowest BCUT2D eigenvalue weighted by molar-refractivity contribution is 0.660. The first-order chi connectivity index (χ1) is 38.7. The summed E-state index contributed by atoms with van der Waals surface area (Å²) in [5, 5.41) is 2.47. The summed E-state index contributed by atoms with van der Waals surface area (Å²) in [7, 11) is 0. The highest BCUT2D eigenvalue weighted by molar-refractivity contribution is 6.16. The molecule has 12 aromatic carbocycles. The summed E-state index contributed by atoms with van der Waals surface area (Å²) >= 11 is 0. The molecular weight excluding hydrogens is 953 g/mol. The Morgan fingerprint density at radius 3 is 1.35 bits per heavy atom. The normalized spacial score (nSPS) is 12.4. The molecule has 0 atom stereocenters. The number of anilines is 3. The van der Waals surface area contributed by atoms with Crippen molar-refractivity contribution in [3.63, 3.8) is 0 Å². The molecule has 0 N–H and O–H groups in total. The third-order valence-corrected chi connectivity index (χ3v) is 16.6. The monoisotopic (exact) mass is 1010 g/mol. The number of benzene rings is 12. The van der Waals surface area contributed by atoms with Crippen LogP contribution in [0, 0.1) is 13.8 Å². The van der Waals surface area contributed by atoms with Gasteiger partial charge in [-0.3, -0.25) is 0 Å². The van der Waals surface area contributed by atoms with Crippen LogP contribution in [0.4, 0.5) is 17.1 Å². The quantitative estimate of drug-likeness (QED) is 0.133. The highest BCUT2D eigenvalue weighted by Crippen LogP contribution is 2.50. The van der Waals surface area contributed by atoms with Crippen LogP contribution in [0.15, 0.2) is 279 Å². The standard InChI is InChI=1S/C77H58N2/c1-51-23-26-54(27-24-51)56-32-39-64(40-33-56)78(65-41-34-57(35-42-65)55-28-30-58(31-29-55)63-38-46-70-69-45-25-52(2)47-72(69)77(3,4)73(70)50-63)66-43-36-59(37-44-66)68-20-12-22-75-76(68)71-19-8-9-21-74(71)79(75)67-18-11-17-62(49-67)61-16-10-15-60(48-61)53-13-6-5-7-14-53/h5-50H,1-4H3. The summed E-state index contributed by atoms with van der Waals surface area (Å²) in [6.07, 6.45) is 0. The second-order valence-corrected chi connectivity index (χ2v) is 21.9. The van der Waals surface area contributed by atoms with Crippen molar-refractivity contribution >= 4 is 38.9 Å². The summed E-state index contributed by atoms with van der Waals surface area (Å²) < 4.78 is 2.43. The Morgan fingerprint density at radius 1 is 0.291 bits per heavy atom. The molecule has 0 unspecified atom stereocenters. The molecule has 79 heavy (non-hydrogen) atoms. The smallest absolute Gasteiger partial charge is 0.0547 e. The molecule has 1 aromatic heterocycles. The van der Waals surface area contributed by atoms with E-state index in [9.17, 15) is 0 Å². The molecule has 0 radical (unpaired) electrons. The van der Waals surface area contributed by atoms with Crippen LogP contribution < -0.4 is 4.90 Å². The first-order valence-corrected chi connectivity index (χ1v) is 27.5. The van der Waals surface area contributed by atoms with Gasteiger partial charge in [-0.15, -0.1) is 0 Å². The number of rotatable bonds is 10. The van der Waals surface area contributed by atoms with Gasteiger partial charge in [0.05, 0.1) is 11.0 Å². The molecule has 0 saturated heterocycles. The van der Waals surface area contributed by atoms with Gasteiger partial charge in [-0.2, -0.15) is 0 Å². The van der Waals surface area contributed by atoms with Crippen LogP contribution in [-0.4, -0.2) is 4.57 Å². The zero-order valence-corrected chi connectivity index (χ0v) is 45.0. The maximum Gasteiger partial charge on any atom is 0.0547 e. The summed E-state index contributed by atoms with van der Waals surface area (Å²) in [5.74, 6) is 0. The lowest BCUT2D eigenvalue weighted by Crippen LogP contribution is -2.15. The third kappa shape index (κ3) is 8.54. The molecule has 2 nitrogen and oxygen atoms in total. The van der Waals surface area contributed by atoms with E-state index in [-0.39, 0.29) is 5.41 Å². The average Bonchev–Trinajstić information content (AvgIpc) is 3.87. The Kier molecular flexibility index (Phi) is 11.7. The lowest BCUT2D eigenvalue weighted by atomic mass is 9.81. The predicted octanol–water partition coefficient (Wildman–Crippen LogP) is 21.2. The van der Waals surface area contributed by atoms with Crippen molar-refractivity contribution in [2.24, 2.45) is 0 Å². The molecule has 0 fully saturated rings. The number of para-hydroxylation sites is 1. The number of hydrogen-bond acceptors (Lipinski definition) is 1. The Hall–Kier alpha value is -9.76. The largest absolute Gasteiger partial charge is 0.311 e. The van der Waals surface area contributed by atoms with Gasteiger partial charge in [0.2, 0.25) is 0 Å². The van der Waals surface area contributed by atoms with Gasteiger partial charge in [-0.05, 0) is 176 Å². The van der Waals surface area contributed by atoms with Gasteiger partial charge in [-0.1, -0.05) is 231 Å². The fraction of sp³-hybridized carbons (Fsp3) is 0.0649. The fourth-order valence-electron chi connectivity index (χ4n) is 12.3. The average molecular weight is 1010 g/mol. The van der Waals surface area contributed by atoms with E-state index in [2.05, 4.69) is 316 Å². The first-order valence-electron chi connectivity index (χ1n) is 27.5. The van der Waals surface area contributed by atoms with Gasteiger partial charge < -0.3 is 9.47 Å². The minimum atomic E-state index is -0.0438. The zero-order valence-electron chi connectivity index (χ0n) is 45.0. The van der Waals surface area contributed by atoms with Crippen LogP contribution in [0.5, 0.6) is 0 Å². The Bertz CT molecular complexity index is 4410. The van der Waals surface area contributed by atoms with Crippen LogP contribution >= 0.6 is 0 Å². The van der Waals surface area contributed by atoms with E-state index in [1.54, 1.807) is 0 Å². The summed E-state index contributed by atoms with van der Waals surface area (Å²) in [6, 6.07) is 103. The SMILES string of the molecule is Cc1ccc(-c2ccc(N(c3ccc(-c4ccc(-c5ccc6c(c5)C(C)(C)c5cc(C)ccc5-6)cc4)cc3)c3ccc(-c4cccc5c4c4ccccc4n5-c4cccc(-c5cccc(-c6ccccc6)c5)c4)cc3)cc2)cc1. The second-order valence-electron chi connectivity index (χ2n) is 21.9. The number of hydrogen-bond donors (Lipinski definition) is 0.